The first-order valence-electron chi connectivity index (χ1n) is 6.88. The molecule has 1 fully saturated rings. The van der Waals surface area contributed by atoms with E-state index in [4.69, 9.17) is 4.74 Å². The Hall–Kier alpha value is -2.42. The minimum Gasteiger partial charge on any atom is -0.444 e. The van der Waals surface area contributed by atoms with Gasteiger partial charge in [0.25, 0.3) is 0 Å². The van der Waals surface area contributed by atoms with Crippen LogP contribution in [0.25, 0.3) is 0 Å². The molecule has 0 aromatic heterocycles. The molecule has 116 valence electrons. The van der Waals surface area contributed by atoms with E-state index < -0.39 is 22.9 Å². The van der Waals surface area contributed by atoms with Gasteiger partial charge in [-0.25, -0.2) is 9.18 Å². The molecule has 0 atom stereocenters. The van der Waals surface area contributed by atoms with Gasteiger partial charge >= 0.3 is 6.09 Å². The zero-order valence-electron chi connectivity index (χ0n) is 12.7. The maximum absolute atomic E-state index is 14.2. The van der Waals surface area contributed by atoms with E-state index >= 15 is 0 Å². The molecule has 6 heteroatoms. The van der Waals surface area contributed by atoms with Crippen molar-refractivity contribution in [1.29, 1.82) is 5.26 Å². The van der Waals surface area contributed by atoms with E-state index in [1.54, 1.807) is 20.8 Å². The standard InChI is InChI=1S/C16H17FN2O3/c1-15(2,3)22-14(21)19-10-4-5-12(13(17)6-10)16(9-18)7-11(20)8-16/h4-6H,7-8H2,1-3H3,(H,19,21). The topological polar surface area (TPSA) is 79.2 Å². The van der Waals surface area contributed by atoms with Gasteiger partial charge in [-0.3, -0.25) is 10.1 Å². The molecule has 0 aliphatic heterocycles. The molecule has 1 aliphatic carbocycles. The SMILES string of the molecule is CC(C)(C)OC(=O)Nc1ccc(C2(C#N)CC(=O)C2)c(F)c1. The fourth-order valence-corrected chi connectivity index (χ4v) is 2.35. The summed E-state index contributed by atoms with van der Waals surface area (Å²) in [4.78, 5) is 22.8. The maximum Gasteiger partial charge on any atom is 0.412 e. The lowest BCUT2D eigenvalue weighted by Crippen LogP contribution is -2.41. The number of nitrogens with one attached hydrogen (secondary N) is 1. The van der Waals surface area contributed by atoms with Gasteiger partial charge in [0.05, 0.1) is 11.5 Å². The van der Waals surface area contributed by atoms with Crippen molar-refractivity contribution in [2.75, 3.05) is 5.32 Å². The van der Waals surface area contributed by atoms with Crippen molar-refractivity contribution in [3.63, 3.8) is 0 Å². The number of amides is 1. The van der Waals surface area contributed by atoms with Crippen LogP contribution in [-0.2, 0) is 14.9 Å². The van der Waals surface area contributed by atoms with Crippen molar-refractivity contribution in [2.45, 2.75) is 44.6 Å². The van der Waals surface area contributed by atoms with Gasteiger partial charge in [0.2, 0.25) is 0 Å². The van der Waals surface area contributed by atoms with E-state index in [2.05, 4.69) is 5.32 Å². The van der Waals surface area contributed by atoms with Crippen LogP contribution in [0.3, 0.4) is 0 Å². The molecule has 0 spiro atoms. The lowest BCUT2D eigenvalue weighted by molar-refractivity contribution is -0.126. The van der Waals surface area contributed by atoms with Crippen LogP contribution in [0.4, 0.5) is 14.9 Å². The molecule has 2 rings (SSSR count). The average molecular weight is 304 g/mol. The Kier molecular flexibility index (Phi) is 3.92. The number of nitrogens with zero attached hydrogens (tertiary/aromatic N) is 1. The molecule has 1 amide bonds. The normalized spacial score (nSPS) is 16.4. The number of ketones is 1. The van der Waals surface area contributed by atoms with Gasteiger partial charge in [0, 0.05) is 24.1 Å². The molecule has 0 saturated heterocycles. The van der Waals surface area contributed by atoms with E-state index in [9.17, 15) is 19.2 Å². The predicted octanol–water partition coefficient (Wildman–Crippen LogP) is 3.30. The van der Waals surface area contributed by atoms with E-state index in [0.717, 1.165) is 6.07 Å². The van der Waals surface area contributed by atoms with Gasteiger partial charge in [0.1, 0.15) is 17.2 Å². The van der Waals surface area contributed by atoms with Crippen molar-refractivity contribution in [3.05, 3.63) is 29.6 Å². The number of hydrogen-bond donors (Lipinski definition) is 1. The van der Waals surface area contributed by atoms with Crippen LogP contribution in [0.15, 0.2) is 18.2 Å². The molecule has 1 aromatic carbocycles. The molecule has 5 nitrogen and oxygen atoms in total. The lowest BCUT2D eigenvalue weighted by atomic mass is 9.64. The largest absolute Gasteiger partial charge is 0.444 e. The van der Waals surface area contributed by atoms with Gasteiger partial charge in [-0.1, -0.05) is 6.07 Å². The molecule has 22 heavy (non-hydrogen) atoms. The van der Waals surface area contributed by atoms with Crippen LogP contribution in [0.1, 0.15) is 39.2 Å². The molecule has 0 bridgehead atoms. The number of anilines is 1. The summed E-state index contributed by atoms with van der Waals surface area (Å²) >= 11 is 0. The van der Waals surface area contributed by atoms with Crippen LogP contribution >= 0.6 is 0 Å². The molecule has 0 unspecified atom stereocenters. The Balaban J connectivity index is 2.16. The number of Topliss-reactive ketones (excluding diaryl/α,β-unsaturated/α-hetero) is 1. The lowest BCUT2D eigenvalue weighted by Gasteiger charge is -2.34. The van der Waals surface area contributed by atoms with Crippen molar-refractivity contribution in [2.24, 2.45) is 0 Å². The first kappa shape index (κ1) is 16.0. The number of halogens is 1. The minimum atomic E-state index is -1.08. The second kappa shape index (κ2) is 5.41. The van der Waals surface area contributed by atoms with Crippen LogP contribution in [0.2, 0.25) is 0 Å². The van der Waals surface area contributed by atoms with Crippen molar-refractivity contribution >= 4 is 17.6 Å². The molecule has 0 radical (unpaired) electrons. The minimum absolute atomic E-state index is 0.0270. The summed E-state index contributed by atoms with van der Waals surface area (Å²) in [6, 6.07) is 6.07. The van der Waals surface area contributed by atoms with Gasteiger partial charge in [-0.2, -0.15) is 5.26 Å². The quantitative estimate of drug-likeness (QED) is 0.909. The molecule has 0 heterocycles. The summed E-state index contributed by atoms with van der Waals surface area (Å²) in [5.41, 5.74) is -1.32. The Morgan fingerprint density at radius 3 is 2.50 bits per heavy atom. The Bertz CT molecular complexity index is 663. The van der Waals surface area contributed by atoms with Gasteiger partial charge in [0.15, 0.2) is 0 Å². The summed E-state index contributed by atoms with van der Waals surface area (Å²) in [6.07, 6.45) is -0.633. The predicted molar refractivity (Wildman–Crippen MR) is 77.8 cm³/mol. The monoisotopic (exact) mass is 304 g/mol. The molecule has 1 aliphatic rings. The number of carbonyl (C=O) groups excluding carboxylic acids is 2. The summed E-state index contributed by atoms with van der Waals surface area (Å²) in [7, 11) is 0. The summed E-state index contributed by atoms with van der Waals surface area (Å²) in [5, 5.41) is 11.6. The third-order valence-electron chi connectivity index (χ3n) is 3.34. The van der Waals surface area contributed by atoms with Crippen LogP contribution in [-0.4, -0.2) is 17.5 Å². The zero-order chi connectivity index (χ0) is 16.5. The number of nitriles is 1. The highest BCUT2D eigenvalue weighted by atomic mass is 19.1. The highest BCUT2D eigenvalue weighted by Gasteiger charge is 2.47. The second-order valence-corrected chi connectivity index (χ2v) is 6.41. The number of rotatable bonds is 2. The van der Waals surface area contributed by atoms with E-state index in [0.29, 0.717) is 0 Å². The maximum atomic E-state index is 14.2. The van der Waals surface area contributed by atoms with Crippen LogP contribution in [0, 0.1) is 17.1 Å². The summed E-state index contributed by atoms with van der Waals surface area (Å²) in [6.45, 7) is 5.17. The fraction of sp³-hybridized carbons (Fsp3) is 0.438. The van der Waals surface area contributed by atoms with Gasteiger partial charge < -0.3 is 4.74 Å². The number of carbonyl (C=O) groups is 2. The van der Waals surface area contributed by atoms with Crippen LogP contribution < -0.4 is 5.32 Å². The fourth-order valence-electron chi connectivity index (χ4n) is 2.35. The zero-order valence-corrected chi connectivity index (χ0v) is 12.7. The van der Waals surface area contributed by atoms with Crippen LogP contribution in [0.5, 0.6) is 0 Å². The van der Waals surface area contributed by atoms with E-state index in [-0.39, 0.29) is 29.9 Å². The summed E-state index contributed by atoms with van der Waals surface area (Å²) in [5.74, 6) is -0.681. The highest BCUT2D eigenvalue weighted by Crippen LogP contribution is 2.42. The number of hydrogen-bond acceptors (Lipinski definition) is 4. The summed E-state index contributed by atoms with van der Waals surface area (Å²) < 4.78 is 19.3. The van der Waals surface area contributed by atoms with Crippen molar-refractivity contribution in [3.8, 4) is 6.07 Å². The van der Waals surface area contributed by atoms with E-state index in [1.807, 2.05) is 6.07 Å². The smallest absolute Gasteiger partial charge is 0.412 e. The van der Waals surface area contributed by atoms with Crippen molar-refractivity contribution in [1.82, 2.24) is 0 Å². The number of ether oxygens (including phenoxy) is 1. The second-order valence-electron chi connectivity index (χ2n) is 6.41. The van der Waals surface area contributed by atoms with E-state index in [1.165, 1.54) is 12.1 Å². The average Bonchev–Trinajstić information content (AvgIpc) is 2.33. The Morgan fingerprint density at radius 2 is 2.05 bits per heavy atom. The van der Waals surface area contributed by atoms with Gasteiger partial charge in [-0.15, -0.1) is 0 Å². The Morgan fingerprint density at radius 1 is 1.41 bits per heavy atom. The third kappa shape index (κ3) is 3.25. The Labute approximate surface area is 128 Å². The first-order chi connectivity index (χ1) is 10.1. The molecule has 1 saturated carbocycles. The molecular weight excluding hydrogens is 287 g/mol. The highest BCUT2D eigenvalue weighted by molar-refractivity contribution is 5.90. The molecule has 1 aromatic rings. The van der Waals surface area contributed by atoms with Crippen molar-refractivity contribution < 1.29 is 18.7 Å². The molecule has 1 N–H and O–H groups in total. The third-order valence-corrected chi connectivity index (χ3v) is 3.34. The van der Waals surface area contributed by atoms with Gasteiger partial charge in [-0.05, 0) is 32.9 Å². The number of benzene rings is 1. The molecular formula is C16H17FN2O3. The first-order valence-corrected chi connectivity index (χ1v) is 6.88.